The lowest BCUT2D eigenvalue weighted by atomic mass is 9.92. The van der Waals surface area contributed by atoms with Gasteiger partial charge in [0.25, 0.3) is 5.91 Å². The summed E-state index contributed by atoms with van der Waals surface area (Å²) in [6, 6.07) is 3.30. The highest BCUT2D eigenvalue weighted by Gasteiger charge is 2.46. The molecule has 3 rings (SSSR count). The average molecular weight is 317 g/mol. The molecule has 1 saturated carbocycles. The van der Waals surface area contributed by atoms with Crippen LogP contribution in [0.4, 0.5) is 12.7 Å². The number of hydrogen-bond donors (Lipinski definition) is 0. The van der Waals surface area contributed by atoms with Crippen molar-refractivity contribution in [1.29, 1.82) is 0 Å². The van der Waals surface area contributed by atoms with Gasteiger partial charge in [0.2, 0.25) is 0 Å². The zero-order chi connectivity index (χ0) is 15.1. The maximum Gasteiger partial charge on any atom is 0.387 e. The zero-order valence-electron chi connectivity index (χ0n) is 10.6. The smallest absolute Gasteiger partial charge is 0.387 e. The van der Waals surface area contributed by atoms with Gasteiger partial charge in [-0.25, -0.2) is 4.31 Å². The summed E-state index contributed by atoms with van der Waals surface area (Å²) in [4.78, 5) is 24.2. The predicted molar refractivity (Wildman–Crippen MR) is 68.7 cm³/mol. The van der Waals surface area contributed by atoms with Crippen molar-refractivity contribution in [3.05, 3.63) is 29.3 Å². The molecule has 2 atom stereocenters. The Morgan fingerprint density at radius 1 is 1.33 bits per heavy atom. The molecule has 0 radical (unpaired) electrons. The van der Waals surface area contributed by atoms with Gasteiger partial charge in [-0.05, 0) is 24.5 Å². The number of hydrogen-bond acceptors (Lipinski definition) is 4. The van der Waals surface area contributed by atoms with Crippen LogP contribution < -0.4 is 4.74 Å². The van der Waals surface area contributed by atoms with Crippen molar-refractivity contribution < 1.29 is 27.0 Å². The highest BCUT2D eigenvalue weighted by molar-refractivity contribution is 7.92. The second-order valence-electron chi connectivity index (χ2n) is 4.91. The summed E-state index contributed by atoms with van der Waals surface area (Å²) in [6.45, 7) is -3.03. The Hall–Kier alpha value is -1.70. The van der Waals surface area contributed by atoms with Crippen LogP contribution in [0.1, 0.15) is 34.7 Å². The van der Waals surface area contributed by atoms with E-state index < -0.39 is 24.5 Å². The molecular weight excluding hydrogens is 307 g/mol. The normalized spacial score (nSPS) is 24.3. The van der Waals surface area contributed by atoms with Gasteiger partial charge in [-0.3, -0.25) is 9.59 Å². The van der Waals surface area contributed by atoms with E-state index in [1.54, 1.807) is 0 Å². The fourth-order valence-corrected chi connectivity index (χ4v) is 3.46. The second-order valence-corrected chi connectivity index (χ2v) is 5.45. The average Bonchev–Trinajstić information content (AvgIpc) is 2.74. The van der Waals surface area contributed by atoms with Gasteiger partial charge < -0.3 is 4.74 Å². The third-order valence-corrected chi connectivity index (χ3v) is 4.37. The first-order valence-electron chi connectivity index (χ1n) is 6.25. The first-order chi connectivity index (χ1) is 10.0. The van der Waals surface area contributed by atoms with Crippen LogP contribution in [-0.4, -0.2) is 28.6 Å². The molecule has 1 heterocycles. The molecule has 1 amide bonds. The van der Waals surface area contributed by atoms with E-state index in [9.17, 15) is 22.3 Å². The second kappa shape index (κ2) is 5.25. The van der Waals surface area contributed by atoms with Crippen LogP contribution in [0.15, 0.2) is 18.2 Å². The van der Waals surface area contributed by atoms with E-state index in [-0.39, 0.29) is 47.8 Å². The van der Waals surface area contributed by atoms with E-state index >= 15 is 0 Å². The van der Waals surface area contributed by atoms with Crippen LogP contribution in [0.2, 0.25) is 0 Å². The van der Waals surface area contributed by atoms with E-state index in [1.807, 2.05) is 0 Å². The summed E-state index contributed by atoms with van der Waals surface area (Å²) in [5.74, 6) is -1.50. The van der Waals surface area contributed by atoms with Gasteiger partial charge >= 0.3 is 6.61 Å². The summed E-state index contributed by atoms with van der Waals surface area (Å²) in [7, 11) is 0. The minimum absolute atomic E-state index is 0.0889. The van der Waals surface area contributed by atoms with Gasteiger partial charge in [0.15, 0.2) is 18.1 Å². The molecule has 2 bridgehead atoms. The number of ketones is 1. The van der Waals surface area contributed by atoms with Gasteiger partial charge in [-0.2, -0.15) is 8.78 Å². The number of carbonyl (C=O) groups excluding carboxylic acids is 2. The molecule has 8 heteroatoms. The number of amides is 1. The van der Waals surface area contributed by atoms with Crippen LogP contribution in [0.3, 0.4) is 0 Å². The van der Waals surface area contributed by atoms with Crippen molar-refractivity contribution in [2.45, 2.75) is 31.4 Å². The van der Waals surface area contributed by atoms with Crippen LogP contribution in [0.5, 0.6) is 5.75 Å². The molecule has 1 aliphatic carbocycles. The van der Waals surface area contributed by atoms with E-state index in [2.05, 4.69) is 4.74 Å². The highest BCUT2D eigenvalue weighted by Crippen LogP contribution is 2.46. The molecule has 0 aromatic heterocycles. The van der Waals surface area contributed by atoms with Crippen molar-refractivity contribution >= 4 is 24.0 Å². The maximum atomic E-state index is 13.1. The van der Waals surface area contributed by atoms with Crippen molar-refractivity contribution in [3.63, 3.8) is 0 Å². The summed E-state index contributed by atoms with van der Waals surface area (Å²) in [5, 5.41) is 0. The molecule has 0 N–H and O–H groups in total. The SMILES string of the molecule is O=C1CC2CC1N(SF)C(=O)c1cccc(OC(F)F)c12. The number of nitrogens with zero attached hydrogens (tertiary/aromatic N) is 1. The molecule has 21 heavy (non-hydrogen) atoms. The number of ether oxygens (including phenoxy) is 1. The first-order valence-corrected chi connectivity index (χ1v) is 6.93. The zero-order valence-corrected chi connectivity index (χ0v) is 11.4. The van der Waals surface area contributed by atoms with Crippen molar-refractivity contribution in [1.82, 2.24) is 4.31 Å². The van der Waals surface area contributed by atoms with Gasteiger partial charge in [0, 0.05) is 17.5 Å². The lowest BCUT2D eigenvalue weighted by Gasteiger charge is -2.22. The van der Waals surface area contributed by atoms with Gasteiger partial charge in [0.05, 0.1) is 0 Å². The van der Waals surface area contributed by atoms with Crippen molar-refractivity contribution in [2.75, 3.05) is 0 Å². The molecule has 0 spiro atoms. The molecule has 4 nitrogen and oxygen atoms in total. The number of Topliss-reactive ketones (excluding diaryl/α,β-unsaturated/α-hetero) is 1. The standard InChI is InChI=1S/C13H10F3NO3S/c14-13(15)20-10-3-1-2-7-11(10)6-4-8(9(18)5-6)17(21-16)12(7)19/h1-3,6,8,13H,4-5H2. The lowest BCUT2D eigenvalue weighted by Crippen LogP contribution is -2.36. The molecule has 1 aromatic rings. The van der Waals surface area contributed by atoms with Crippen molar-refractivity contribution in [3.8, 4) is 5.75 Å². The monoisotopic (exact) mass is 317 g/mol. The number of fused-ring (bicyclic) bond motifs is 4. The molecule has 1 aliphatic heterocycles. The largest absolute Gasteiger partial charge is 0.435 e. The summed E-state index contributed by atoms with van der Waals surface area (Å²) in [6.07, 6.45) is 0.309. The Morgan fingerprint density at radius 2 is 2.10 bits per heavy atom. The molecule has 0 saturated heterocycles. The Bertz CT molecular complexity index is 610. The number of rotatable bonds is 3. The quantitative estimate of drug-likeness (QED) is 0.804. The highest BCUT2D eigenvalue weighted by atomic mass is 32.2. The Balaban J connectivity index is 2.14. The van der Waals surface area contributed by atoms with Crippen molar-refractivity contribution in [2.24, 2.45) is 0 Å². The van der Waals surface area contributed by atoms with Crippen LogP contribution >= 0.6 is 12.3 Å². The molecule has 1 fully saturated rings. The molecule has 1 aromatic carbocycles. The Kier molecular flexibility index (Phi) is 3.56. The van der Waals surface area contributed by atoms with Crippen LogP contribution in [0, 0.1) is 0 Å². The summed E-state index contributed by atoms with van der Waals surface area (Å²) < 4.78 is 43.3. The summed E-state index contributed by atoms with van der Waals surface area (Å²) in [5.41, 5.74) is 0.383. The van der Waals surface area contributed by atoms with Gasteiger partial charge in [-0.1, -0.05) is 6.07 Å². The number of benzene rings is 1. The van der Waals surface area contributed by atoms with Crippen LogP contribution in [-0.2, 0) is 4.79 Å². The fourth-order valence-electron chi connectivity index (χ4n) is 3.00. The molecular formula is C13H10F3NO3S. The van der Waals surface area contributed by atoms with Crippen LogP contribution in [0.25, 0.3) is 0 Å². The fraction of sp³-hybridized carbons (Fsp3) is 0.385. The molecule has 2 unspecified atom stereocenters. The van der Waals surface area contributed by atoms with E-state index in [0.717, 1.165) is 4.31 Å². The third-order valence-electron chi connectivity index (χ3n) is 3.81. The lowest BCUT2D eigenvalue weighted by molar-refractivity contribution is -0.120. The van der Waals surface area contributed by atoms with E-state index in [0.29, 0.717) is 0 Å². The number of halogens is 3. The topological polar surface area (TPSA) is 46.6 Å². The minimum atomic E-state index is -3.03. The Labute approximate surface area is 122 Å². The third kappa shape index (κ3) is 2.27. The number of alkyl halides is 2. The van der Waals surface area contributed by atoms with E-state index in [4.69, 9.17) is 0 Å². The first kappa shape index (κ1) is 14.2. The maximum absolute atomic E-state index is 13.1. The van der Waals surface area contributed by atoms with Gasteiger partial charge in [-0.15, -0.1) is 3.89 Å². The summed E-state index contributed by atoms with van der Waals surface area (Å²) >= 11 is -0.312. The molecule has 112 valence electrons. The Morgan fingerprint density at radius 3 is 2.76 bits per heavy atom. The van der Waals surface area contributed by atoms with E-state index in [1.165, 1.54) is 18.2 Å². The predicted octanol–water partition coefficient (Wildman–Crippen LogP) is 3.09. The van der Waals surface area contributed by atoms with Gasteiger partial charge in [0.1, 0.15) is 11.8 Å². The molecule has 2 aliphatic rings. The minimum Gasteiger partial charge on any atom is -0.435 e. The number of carbonyl (C=O) groups is 2.